The summed E-state index contributed by atoms with van der Waals surface area (Å²) in [5.74, 6) is 0.294. The van der Waals surface area contributed by atoms with Crippen molar-refractivity contribution >= 4 is 17.2 Å². The zero-order chi connectivity index (χ0) is 14.5. The smallest absolute Gasteiger partial charge is 0.244 e. The number of rotatable bonds is 4. The van der Waals surface area contributed by atoms with Crippen molar-refractivity contribution in [2.75, 3.05) is 20.6 Å². The van der Waals surface area contributed by atoms with Crippen LogP contribution in [0.1, 0.15) is 35.7 Å². The van der Waals surface area contributed by atoms with Gasteiger partial charge in [0.2, 0.25) is 5.91 Å². The first-order valence-corrected chi connectivity index (χ1v) is 8.06. The van der Waals surface area contributed by atoms with Gasteiger partial charge in [-0.15, -0.1) is 11.3 Å². The molecule has 3 rings (SSSR count). The number of likely N-dealkylation sites (N-methyl/N-ethyl adjacent to an activating group) is 1. The molecule has 2 atom stereocenters. The first-order valence-electron chi connectivity index (χ1n) is 7.24. The highest BCUT2D eigenvalue weighted by atomic mass is 32.1. The summed E-state index contributed by atoms with van der Waals surface area (Å²) in [7, 11) is 4.13. The monoisotopic (exact) mass is 293 g/mol. The van der Waals surface area contributed by atoms with Gasteiger partial charge in [-0.2, -0.15) is 0 Å². The molecule has 1 spiro atoms. The van der Waals surface area contributed by atoms with E-state index in [1.807, 2.05) is 4.90 Å². The van der Waals surface area contributed by atoms with Crippen LogP contribution in [-0.4, -0.2) is 47.9 Å². The molecule has 1 aromatic rings. The van der Waals surface area contributed by atoms with Crippen LogP contribution in [0.5, 0.6) is 0 Å². The molecule has 1 saturated carbocycles. The molecule has 1 aliphatic heterocycles. The second kappa shape index (κ2) is 4.83. The van der Waals surface area contributed by atoms with Crippen LogP contribution in [0.3, 0.4) is 0 Å². The molecule has 2 unspecified atom stereocenters. The van der Waals surface area contributed by atoms with Gasteiger partial charge in [0.25, 0.3) is 0 Å². The third-order valence-electron chi connectivity index (χ3n) is 4.52. The Hall–Kier alpha value is -0.910. The van der Waals surface area contributed by atoms with Crippen molar-refractivity contribution in [1.29, 1.82) is 0 Å². The summed E-state index contributed by atoms with van der Waals surface area (Å²) in [5.41, 5.74) is -0.241. The quantitative estimate of drug-likeness (QED) is 0.922. The Kier molecular flexibility index (Phi) is 3.39. The molecule has 1 saturated heterocycles. The van der Waals surface area contributed by atoms with Gasteiger partial charge in [0, 0.05) is 22.3 Å². The number of hydrogen-bond donors (Lipinski definition) is 1. The second-order valence-electron chi connectivity index (χ2n) is 6.35. The third-order valence-corrected chi connectivity index (χ3v) is 5.57. The first-order chi connectivity index (χ1) is 9.43. The van der Waals surface area contributed by atoms with Crippen LogP contribution < -0.4 is 5.32 Å². The van der Waals surface area contributed by atoms with E-state index in [4.69, 9.17) is 0 Å². The van der Waals surface area contributed by atoms with E-state index in [-0.39, 0.29) is 11.7 Å². The Bertz CT molecular complexity index is 521. The molecule has 2 fully saturated rings. The molecule has 20 heavy (non-hydrogen) atoms. The Balaban J connectivity index is 1.85. The zero-order valence-corrected chi connectivity index (χ0v) is 13.5. The molecule has 110 valence electrons. The van der Waals surface area contributed by atoms with Crippen LogP contribution in [-0.2, 0) is 4.79 Å². The van der Waals surface area contributed by atoms with Crippen LogP contribution in [0.25, 0.3) is 0 Å². The summed E-state index contributed by atoms with van der Waals surface area (Å²) in [5, 5.41) is 3.58. The minimum Gasteiger partial charge on any atom is -0.319 e. The van der Waals surface area contributed by atoms with Crippen molar-refractivity contribution in [2.45, 2.75) is 44.4 Å². The van der Waals surface area contributed by atoms with Crippen LogP contribution >= 0.6 is 11.3 Å². The van der Waals surface area contributed by atoms with Gasteiger partial charge < -0.3 is 9.80 Å². The standard InChI is InChI=1S/C15H23N3OS/c1-10(17(3)4)9-18-13(12-6-5-11(2)20-12)16-15(7-8-15)14(18)19/h5-6,10,13,16H,7-9H2,1-4H3. The lowest BCUT2D eigenvalue weighted by Crippen LogP contribution is -2.41. The fourth-order valence-electron chi connectivity index (χ4n) is 2.74. The van der Waals surface area contributed by atoms with Crippen LogP contribution in [0.2, 0.25) is 0 Å². The largest absolute Gasteiger partial charge is 0.319 e. The number of amides is 1. The van der Waals surface area contributed by atoms with E-state index in [9.17, 15) is 4.79 Å². The molecule has 2 heterocycles. The molecule has 1 amide bonds. The predicted molar refractivity (Wildman–Crippen MR) is 81.8 cm³/mol. The fourth-order valence-corrected chi connectivity index (χ4v) is 3.68. The van der Waals surface area contributed by atoms with E-state index >= 15 is 0 Å². The molecular formula is C15H23N3OS. The number of nitrogens with one attached hydrogen (secondary N) is 1. The van der Waals surface area contributed by atoms with Crippen molar-refractivity contribution < 1.29 is 4.79 Å². The zero-order valence-electron chi connectivity index (χ0n) is 12.6. The second-order valence-corrected chi connectivity index (χ2v) is 7.67. The van der Waals surface area contributed by atoms with Gasteiger partial charge in [-0.1, -0.05) is 0 Å². The predicted octanol–water partition coefficient (Wildman–Crippen LogP) is 1.97. The number of carbonyl (C=O) groups excluding carboxylic acids is 1. The van der Waals surface area contributed by atoms with E-state index < -0.39 is 0 Å². The SMILES string of the molecule is Cc1ccc(C2NC3(CC3)C(=O)N2CC(C)N(C)C)s1. The lowest BCUT2D eigenvalue weighted by Gasteiger charge is -2.29. The molecule has 1 aromatic heterocycles. The highest BCUT2D eigenvalue weighted by Crippen LogP contribution is 2.46. The average Bonchev–Trinajstić information content (AvgIpc) is 2.98. The molecule has 1 N–H and O–H groups in total. The van der Waals surface area contributed by atoms with Gasteiger partial charge in [0.1, 0.15) is 11.7 Å². The Morgan fingerprint density at radius 2 is 2.20 bits per heavy atom. The van der Waals surface area contributed by atoms with E-state index in [1.165, 1.54) is 9.75 Å². The molecule has 0 aromatic carbocycles. The summed E-state index contributed by atoms with van der Waals surface area (Å²) in [6.45, 7) is 5.06. The van der Waals surface area contributed by atoms with E-state index in [0.717, 1.165) is 19.4 Å². The van der Waals surface area contributed by atoms with Gasteiger partial charge in [0.15, 0.2) is 0 Å². The van der Waals surface area contributed by atoms with Crippen LogP contribution in [0, 0.1) is 6.92 Å². The molecule has 2 aliphatic rings. The Labute approximate surface area is 124 Å². The first kappa shape index (κ1) is 14.0. The fraction of sp³-hybridized carbons (Fsp3) is 0.667. The maximum atomic E-state index is 12.7. The summed E-state index contributed by atoms with van der Waals surface area (Å²) in [6.07, 6.45) is 2.03. The van der Waals surface area contributed by atoms with Crippen LogP contribution in [0.15, 0.2) is 12.1 Å². The number of hydrogen-bond acceptors (Lipinski definition) is 4. The molecule has 0 radical (unpaired) electrons. The summed E-state index contributed by atoms with van der Waals surface area (Å²) in [6, 6.07) is 4.65. The highest BCUT2D eigenvalue weighted by molar-refractivity contribution is 7.12. The van der Waals surface area contributed by atoms with Gasteiger partial charge in [-0.25, -0.2) is 0 Å². The Morgan fingerprint density at radius 1 is 1.50 bits per heavy atom. The molecular weight excluding hydrogens is 270 g/mol. The topological polar surface area (TPSA) is 35.6 Å². The lowest BCUT2D eigenvalue weighted by molar-refractivity contribution is -0.131. The molecule has 1 aliphatic carbocycles. The molecule has 4 nitrogen and oxygen atoms in total. The average molecular weight is 293 g/mol. The van der Waals surface area contributed by atoms with Crippen molar-refractivity contribution in [3.63, 3.8) is 0 Å². The number of aryl methyl sites for hydroxylation is 1. The van der Waals surface area contributed by atoms with Crippen molar-refractivity contribution in [3.05, 3.63) is 21.9 Å². The number of nitrogens with zero attached hydrogens (tertiary/aromatic N) is 2. The van der Waals surface area contributed by atoms with Crippen molar-refractivity contribution in [3.8, 4) is 0 Å². The van der Waals surface area contributed by atoms with Gasteiger partial charge in [-0.3, -0.25) is 10.1 Å². The Morgan fingerprint density at radius 3 is 2.70 bits per heavy atom. The number of carbonyl (C=O) groups is 1. The van der Waals surface area contributed by atoms with Crippen LogP contribution in [0.4, 0.5) is 0 Å². The van der Waals surface area contributed by atoms with E-state index in [2.05, 4.69) is 50.3 Å². The maximum absolute atomic E-state index is 12.7. The minimum atomic E-state index is -0.241. The molecule has 5 heteroatoms. The van der Waals surface area contributed by atoms with Crippen molar-refractivity contribution in [1.82, 2.24) is 15.1 Å². The van der Waals surface area contributed by atoms with E-state index in [1.54, 1.807) is 11.3 Å². The molecule has 0 bridgehead atoms. The normalized spacial score (nSPS) is 25.8. The van der Waals surface area contributed by atoms with Crippen molar-refractivity contribution in [2.24, 2.45) is 0 Å². The number of thiophene rings is 1. The summed E-state index contributed by atoms with van der Waals surface area (Å²) in [4.78, 5) is 19.5. The summed E-state index contributed by atoms with van der Waals surface area (Å²) < 4.78 is 0. The summed E-state index contributed by atoms with van der Waals surface area (Å²) >= 11 is 1.78. The third kappa shape index (κ3) is 2.28. The van der Waals surface area contributed by atoms with Gasteiger partial charge in [-0.05, 0) is 52.9 Å². The minimum absolute atomic E-state index is 0.0612. The van der Waals surface area contributed by atoms with Gasteiger partial charge in [0.05, 0.1) is 0 Å². The maximum Gasteiger partial charge on any atom is 0.244 e. The highest BCUT2D eigenvalue weighted by Gasteiger charge is 2.59. The van der Waals surface area contributed by atoms with Gasteiger partial charge >= 0.3 is 0 Å². The lowest BCUT2D eigenvalue weighted by atomic mass is 10.2. The van der Waals surface area contributed by atoms with E-state index in [0.29, 0.717) is 11.9 Å².